The fourth-order valence-electron chi connectivity index (χ4n) is 0.225. The molecule has 10 heavy (non-hydrogen) atoms. The molecule has 0 aromatic carbocycles. The first-order chi connectivity index (χ1) is 3.71. The van der Waals surface area contributed by atoms with Crippen LogP contribution in [0.5, 0.6) is 0 Å². The summed E-state index contributed by atoms with van der Waals surface area (Å²) in [5, 5.41) is 0. The van der Waals surface area contributed by atoms with E-state index in [1.165, 1.54) is 0 Å². The van der Waals surface area contributed by atoms with Crippen molar-refractivity contribution in [1.29, 1.82) is 0 Å². The number of hydrogen-bond acceptors (Lipinski definition) is 5. The summed E-state index contributed by atoms with van der Waals surface area (Å²) in [5.74, 6) is 0. The van der Waals surface area contributed by atoms with E-state index in [1.54, 1.807) is 0 Å². The summed E-state index contributed by atoms with van der Waals surface area (Å²) in [5.41, 5.74) is 0. The van der Waals surface area contributed by atoms with Crippen LogP contribution in [0.2, 0.25) is 0 Å². The Labute approximate surface area is 93.8 Å². The van der Waals surface area contributed by atoms with Crippen molar-refractivity contribution < 1.29 is 62.2 Å². The minimum Gasteiger partial charge on any atom is -0.199 e. The van der Waals surface area contributed by atoms with Gasteiger partial charge in [0, 0.05) is 41.7 Å². The molecule has 0 radical (unpaired) electrons. The molecule has 0 saturated heterocycles. The third kappa shape index (κ3) is 12.0. The van der Waals surface area contributed by atoms with Crippen molar-refractivity contribution in [3.63, 3.8) is 0 Å². The summed E-state index contributed by atoms with van der Waals surface area (Å²) < 4.78 is 43.8. The molecule has 0 aromatic rings. The Morgan fingerprint density at radius 1 is 0.900 bits per heavy atom. The van der Waals surface area contributed by atoms with Gasteiger partial charge in [-0.25, -0.2) is 0 Å². The Morgan fingerprint density at radius 3 is 1.10 bits per heavy atom. The van der Waals surface area contributed by atoms with Crippen LogP contribution in [0.1, 0.15) is 0 Å². The normalized spacial score (nSPS) is 12.2. The summed E-state index contributed by atoms with van der Waals surface area (Å²) >= 11 is 0. The molecule has 0 unspecified atom stereocenters. The van der Waals surface area contributed by atoms with E-state index in [2.05, 4.69) is 3.63 Å². The molecule has 0 aliphatic carbocycles. The molecule has 0 atom stereocenters. The zero-order chi connectivity index (χ0) is 7.71. The second kappa shape index (κ2) is 4.31. The molecule has 60 valence electrons. The maximum atomic E-state index is 10.0. The Morgan fingerprint density at radius 2 is 1.10 bits per heavy atom. The average molecular weight is 314 g/mol. The predicted octanol–water partition coefficient (Wildman–Crippen LogP) is -1.08. The van der Waals surface area contributed by atoms with E-state index in [1.807, 2.05) is 0 Å². The summed E-state index contributed by atoms with van der Waals surface area (Å²) in [7, 11) is -7.74. The first kappa shape index (κ1) is 13.8. The van der Waals surface area contributed by atoms with Crippen LogP contribution >= 0.6 is 0 Å². The summed E-state index contributed by atoms with van der Waals surface area (Å²) in [6.45, 7) is 0. The van der Waals surface area contributed by atoms with E-state index in [9.17, 15) is 16.8 Å². The van der Waals surface area contributed by atoms with Crippen molar-refractivity contribution in [3.05, 3.63) is 0 Å². The van der Waals surface area contributed by atoms with Gasteiger partial charge in [0.2, 0.25) is 0 Å². The van der Waals surface area contributed by atoms with Gasteiger partial charge in [-0.3, -0.25) is 0 Å². The Balaban J connectivity index is 0. The first-order valence-corrected chi connectivity index (χ1v) is 5.45. The molecule has 0 fully saturated rings. The topological polar surface area (TPSA) is 77.5 Å². The van der Waals surface area contributed by atoms with Gasteiger partial charge >= 0.3 is 0 Å². The smallest absolute Gasteiger partial charge is 0.199 e. The van der Waals surface area contributed by atoms with E-state index >= 15 is 0 Å². The molecule has 8 heteroatoms. The molecule has 0 bridgehead atoms. The van der Waals surface area contributed by atoms with Gasteiger partial charge in [-0.05, 0) is 0 Å². The molecule has 0 rings (SSSR count). The van der Waals surface area contributed by atoms with E-state index in [0.717, 1.165) is 0 Å². The van der Waals surface area contributed by atoms with Gasteiger partial charge in [-0.15, -0.1) is 3.63 Å². The molecule has 0 N–H and O–H groups in total. The second-order valence-electron chi connectivity index (χ2n) is 1.48. The second-order valence-corrected chi connectivity index (χ2v) is 4.84. The molecule has 5 nitrogen and oxygen atoms in total. The molecule has 0 saturated carbocycles. The van der Waals surface area contributed by atoms with Gasteiger partial charge in [0.15, 0.2) is 0 Å². The van der Waals surface area contributed by atoms with Crippen LogP contribution in [-0.2, 0) is 23.9 Å². The molecule has 0 aromatic heterocycles. The fourth-order valence-corrected chi connectivity index (χ4v) is 2.02. The van der Waals surface area contributed by atoms with Gasteiger partial charge in [-0.1, -0.05) is 0 Å². The van der Waals surface area contributed by atoms with E-state index in [0.29, 0.717) is 12.5 Å². The molecule has 0 aliphatic heterocycles. The van der Waals surface area contributed by atoms with Crippen LogP contribution < -0.4 is 0 Å². The van der Waals surface area contributed by atoms with Crippen LogP contribution in [0.4, 0.5) is 0 Å². The van der Waals surface area contributed by atoms with Crippen LogP contribution in [0, 0.1) is 41.7 Å². The van der Waals surface area contributed by atoms with Crippen LogP contribution in [0.3, 0.4) is 0 Å². The largest absolute Gasteiger partial charge is 0.278 e. The maximum Gasteiger partial charge on any atom is 0.278 e. The monoisotopic (exact) mass is 314 g/mol. The standard InChI is InChI=1S/C2H6O5S2.Ce/c1-8(3,4)7-9(2,5)6;/h1-2H3;. The molecular formula is C2H6CeO5S2. The van der Waals surface area contributed by atoms with Crippen LogP contribution in [0.25, 0.3) is 0 Å². The third-order valence-electron chi connectivity index (χ3n) is 0.247. The number of hydrogen-bond donors (Lipinski definition) is 0. The van der Waals surface area contributed by atoms with E-state index < -0.39 is 20.2 Å². The van der Waals surface area contributed by atoms with Crippen molar-refractivity contribution in [1.82, 2.24) is 0 Å². The third-order valence-corrected chi connectivity index (χ3v) is 2.22. The number of rotatable bonds is 2. The molecular weight excluding hydrogens is 308 g/mol. The van der Waals surface area contributed by atoms with Crippen molar-refractivity contribution in [3.8, 4) is 0 Å². The van der Waals surface area contributed by atoms with E-state index in [-0.39, 0.29) is 41.7 Å². The van der Waals surface area contributed by atoms with Crippen molar-refractivity contribution >= 4 is 20.2 Å². The van der Waals surface area contributed by atoms with E-state index in [4.69, 9.17) is 0 Å². The van der Waals surface area contributed by atoms with Gasteiger partial charge in [0.1, 0.15) is 0 Å². The molecule has 0 aliphatic rings. The molecule has 0 spiro atoms. The van der Waals surface area contributed by atoms with Gasteiger partial charge in [0.05, 0.1) is 12.5 Å². The van der Waals surface area contributed by atoms with Crippen LogP contribution in [-0.4, -0.2) is 29.3 Å². The van der Waals surface area contributed by atoms with Crippen LogP contribution in [0.15, 0.2) is 0 Å². The zero-order valence-electron chi connectivity index (χ0n) is 5.36. The Hall–Kier alpha value is 1.24. The van der Waals surface area contributed by atoms with Crippen molar-refractivity contribution in [2.75, 3.05) is 12.5 Å². The Bertz CT molecular complexity index is 243. The average Bonchev–Trinajstić information content (AvgIpc) is 1.14. The quantitative estimate of drug-likeness (QED) is 0.648. The van der Waals surface area contributed by atoms with Crippen molar-refractivity contribution in [2.45, 2.75) is 0 Å². The Kier molecular flexibility index (Phi) is 5.95. The minimum absolute atomic E-state index is 0. The summed E-state index contributed by atoms with van der Waals surface area (Å²) in [6.07, 6.45) is 1.32. The summed E-state index contributed by atoms with van der Waals surface area (Å²) in [6, 6.07) is 0. The maximum absolute atomic E-state index is 10.0. The molecule has 0 amide bonds. The van der Waals surface area contributed by atoms with Crippen molar-refractivity contribution in [2.24, 2.45) is 0 Å². The SMILES string of the molecule is CS(=O)(=O)OS(C)(=O)=O.[Ce]. The zero-order valence-corrected chi connectivity index (χ0v) is 10.1. The van der Waals surface area contributed by atoms with Gasteiger partial charge in [0.25, 0.3) is 20.2 Å². The van der Waals surface area contributed by atoms with Gasteiger partial charge < -0.3 is 0 Å². The first-order valence-electron chi connectivity index (χ1n) is 1.82. The minimum atomic E-state index is -3.87. The fraction of sp³-hybridized carbons (Fsp3) is 1.00. The van der Waals surface area contributed by atoms with Gasteiger partial charge in [-0.2, -0.15) is 16.8 Å². The predicted molar refractivity (Wildman–Crippen MR) is 30.8 cm³/mol. The summed E-state index contributed by atoms with van der Waals surface area (Å²) in [4.78, 5) is 0. The molecule has 0 heterocycles.